The van der Waals surface area contributed by atoms with Crippen molar-refractivity contribution >= 4 is 5.82 Å². The smallest absolute Gasteiger partial charge is 0.152 e. The fraction of sp³-hybridized carbons (Fsp3) is 0.333. The van der Waals surface area contributed by atoms with Crippen molar-refractivity contribution in [1.29, 1.82) is 5.26 Å². The van der Waals surface area contributed by atoms with Gasteiger partial charge in [0.15, 0.2) is 5.82 Å². The summed E-state index contributed by atoms with van der Waals surface area (Å²) in [6.45, 7) is 5.23. The van der Waals surface area contributed by atoms with E-state index in [4.69, 9.17) is 5.26 Å². The summed E-state index contributed by atoms with van der Waals surface area (Å²) in [7, 11) is 0. The molecule has 1 N–H and O–H groups in total. The van der Waals surface area contributed by atoms with Crippen molar-refractivity contribution in [3.63, 3.8) is 0 Å². The van der Waals surface area contributed by atoms with Gasteiger partial charge in [-0.2, -0.15) is 5.26 Å². The molecule has 92 valence electrons. The molecule has 0 aliphatic carbocycles. The number of nitriles is 1. The average Bonchev–Trinajstić information content (AvgIpc) is 2.83. The van der Waals surface area contributed by atoms with E-state index in [0.717, 1.165) is 17.9 Å². The summed E-state index contributed by atoms with van der Waals surface area (Å²) < 4.78 is 1.94. The van der Waals surface area contributed by atoms with E-state index in [1.165, 1.54) is 0 Å². The van der Waals surface area contributed by atoms with Crippen molar-refractivity contribution in [3.05, 3.63) is 35.5 Å². The average molecular weight is 242 g/mol. The molecule has 0 aliphatic rings. The van der Waals surface area contributed by atoms with Crippen LogP contribution in [0, 0.1) is 18.3 Å². The van der Waals surface area contributed by atoms with Crippen LogP contribution in [-0.2, 0) is 13.1 Å². The van der Waals surface area contributed by atoms with E-state index in [1.54, 1.807) is 12.5 Å². The van der Waals surface area contributed by atoms with E-state index in [1.807, 2.05) is 24.5 Å². The SMILES string of the molecule is CCn1cnnc1CNc1nccc(C)c1C#N. The quantitative estimate of drug-likeness (QED) is 0.878. The summed E-state index contributed by atoms with van der Waals surface area (Å²) in [6, 6.07) is 3.97. The first-order valence-electron chi connectivity index (χ1n) is 5.72. The van der Waals surface area contributed by atoms with Gasteiger partial charge in [0.1, 0.15) is 18.2 Å². The lowest BCUT2D eigenvalue weighted by Crippen LogP contribution is -2.09. The van der Waals surface area contributed by atoms with Gasteiger partial charge >= 0.3 is 0 Å². The molecule has 0 amide bonds. The Hall–Kier alpha value is -2.42. The van der Waals surface area contributed by atoms with E-state index in [0.29, 0.717) is 17.9 Å². The lowest BCUT2D eigenvalue weighted by molar-refractivity contribution is 0.707. The van der Waals surface area contributed by atoms with Gasteiger partial charge in [0.2, 0.25) is 0 Å². The topological polar surface area (TPSA) is 79.4 Å². The Morgan fingerprint density at radius 2 is 2.33 bits per heavy atom. The highest BCUT2D eigenvalue weighted by Gasteiger charge is 2.08. The number of nitrogens with zero attached hydrogens (tertiary/aromatic N) is 5. The molecule has 6 heteroatoms. The summed E-state index contributed by atoms with van der Waals surface area (Å²) in [5, 5.41) is 20.1. The zero-order valence-electron chi connectivity index (χ0n) is 10.4. The number of aromatic nitrogens is 4. The second-order valence-electron chi connectivity index (χ2n) is 3.85. The van der Waals surface area contributed by atoms with Crippen molar-refractivity contribution in [2.45, 2.75) is 26.9 Å². The fourth-order valence-electron chi connectivity index (χ4n) is 1.68. The summed E-state index contributed by atoms with van der Waals surface area (Å²) >= 11 is 0. The molecular formula is C12H14N6. The Balaban J connectivity index is 2.16. The molecule has 2 aromatic heterocycles. The monoisotopic (exact) mass is 242 g/mol. The largest absolute Gasteiger partial charge is 0.362 e. The maximum absolute atomic E-state index is 9.09. The van der Waals surface area contributed by atoms with Gasteiger partial charge < -0.3 is 9.88 Å². The highest BCUT2D eigenvalue weighted by Crippen LogP contribution is 2.15. The molecule has 0 aromatic carbocycles. The van der Waals surface area contributed by atoms with E-state index >= 15 is 0 Å². The highest BCUT2D eigenvalue weighted by molar-refractivity contribution is 5.55. The Kier molecular flexibility index (Phi) is 3.53. The first-order valence-corrected chi connectivity index (χ1v) is 5.72. The number of rotatable bonds is 4. The van der Waals surface area contributed by atoms with E-state index < -0.39 is 0 Å². The van der Waals surface area contributed by atoms with Crippen LogP contribution < -0.4 is 5.32 Å². The molecule has 0 saturated carbocycles. The fourth-order valence-corrected chi connectivity index (χ4v) is 1.68. The third kappa shape index (κ3) is 2.30. The second-order valence-corrected chi connectivity index (χ2v) is 3.85. The van der Waals surface area contributed by atoms with Crippen LogP contribution in [0.1, 0.15) is 23.9 Å². The predicted molar refractivity (Wildman–Crippen MR) is 66.7 cm³/mol. The van der Waals surface area contributed by atoms with Crippen LogP contribution in [0.2, 0.25) is 0 Å². The Morgan fingerprint density at radius 1 is 1.50 bits per heavy atom. The Morgan fingerprint density at radius 3 is 3.06 bits per heavy atom. The van der Waals surface area contributed by atoms with Crippen LogP contribution >= 0.6 is 0 Å². The lowest BCUT2D eigenvalue weighted by Gasteiger charge is -2.08. The van der Waals surface area contributed by atoms with Crippen LogP contribution in [0.15, 0.2) is 18.6 Å². The van der Waals surface area contributed by atoms with Gasteiger partial charge in [-0.15, -0.1) is 10.2 Å². The van der Waals surface area contributed by atoms with Gasteiger partial charge in [-0.3, -0.25) is 0 Å². The molecule has 6 nitrogen and oxygen atoms in total. The third-order valence-corrected chi connectivity index (χ3v) is 2.72. The lowest BCUT2D eigenvalue weighted by atomic mass is 10.1. The van der Waals surface area contributed by atoms with Crippen molar-refractivity contribution in [2.24, 2.45) is 0 Å². The number of nitrogens with one attached hydrogen (secondary N) is 1. The molecular weight excluding hydrogens is 228 g/mol. The molecule has 0 radical (unpaired) electrons. The minimum atomic E-state index is 0.499. The molecule has 0 saturated heterocycles. The molecule has 0 atom stereocenters. The van der Waals surface area contributed by atoms with E-state index in [9.17, 15) is 0 Å². The predicted octanol–water partition coefficient (Wildman–Crippen LogP) is 1.49. The molecule has 0 bridgehead atoms. The van der Waals surface area contributed by atoms with Crippen LogP contribution in [0.4, 0.5) is 5.82 Å². The zero-order chi connectivity index (χ0) is 13.0. The van der Waals surface area contributed by atoms with Gasteiger partial charge in [-0.1, -0.05) is 0 Å². The van der Waals surface area contributed by atoms with Crippen LogP contribution in [0.5, 0.6) is 0 Å². The number of anilines is 1. The van der Waals surface area contributed by atoms with E-state index in [-0.39, 0.29) is 0 Å². The summed E-state index contributed by atoms with van der Waals surface area (Å²) in [6.07, 6.45) is 3.37. The molecule has 18 heavy (non-hydrogen) atoms. The molecule has 2 aromatic rings. The molecule has 0 aliphatic heterocycles. The van der Waals surface area contributed by atoms with Crippen molar-refractivity contribution in [1.82, 2.24) is 19.7 Å². The van der Waals surface area contributed by atoms with Crippen LogP contribution in [0.3, 0.4) is 0 Å². The van der Waals surface area contributed by atoms with Crippen molar-refractivity contribution in [2.75, 3.05) is 5.32 Å². The standard InChI is InChI=1S/C12H14N6/c1-3-18-8-16-17-11(18)7-15-12-10(6-13)9(2)4-5-14-12/h4-5,8H,3,7H2,1-2H3,(H,14,15). The summed E-state index contributed by atoms with van der Waals surface area (Å²) in [4.78, 5) is 4.17. The summed E-state index contributed by atoms with van der Waals surface area (Å²) in [5.74, 6) is 1.41. The Labute approximate surface area is 105 Å². The van der Waals surface area contributed by atoms with Crippen LogP contribution in [-0.4, -0.2) is 19.7 Å². The number of pyridine rings is 1. The van der Waals surface area contributed by atoms with Gasteiger partial charge in [-0.05, 0) is 25.5 Å². The van der Waals surface area contributed by atoms with Gasteiger partial charge in [0, 0.05) is 12.7 Å². The normalized spacial score (nSPS) is 10.1. The van der Waals surface area contributed by atoms with Crippen molar-refractivity contribution in [3.8, 4) is 6.07 Å². The number of hydrogen-bond donors (Lipinski definition) is 1. The molecule has 0 unspecified atom stereocenters. The van der Waals surface area contributed by atoms with Gasteiger partial charge in [-0.25, -0.2) is 4.98 Å². The first-order chi connectivity index (χ1) is 8.76. The summed E-state index contributed by atoms with van der Waals surface area (Å²) in [5.41, 5.74) is 1.48. The number of hydrogen-bond acceptors (Lipinski definition) is 5. The number of aryl methyl sites for hydroxylation is 2. The molecule has 0 fully saturated rings. The third-order valence-electron chi connectivity index (χ3n) is 2.72. The van der Waals surface area contributed by atoms with Gasteiger partial charge in [0.05, 0.1) is 12.1 Å². The molecule has 2 rings (SSSR count). The maximum atomic E-state index is 9.09. The van der Waals surface area contributed by atoms with Crippen LogP contribution in [0.25, 0.3) is 0 Å². The second kappa shape index (κ2) is 5.27. The highest BCUT2D eigenvalue weighted by atomic mass is 15.3. The Bertz CT molecular complexity index is 580. The maximum Gasteiger partial charge on any atom is 0.152 e. The van der Waals surface area contributed by atoms with Gasteiger partial charge in [0.25, 0.3) is 0 Å². The van der Waals surface area contributed by atoms with Crippen molar-refractivity contribution < 1.29 is 0 Å². The molecule has 0 spiro atoms. The zero-order valence-corrected chi connectivity index (χ0v) is 10.4. The minimum Gasteiger partial charge on any atom is -0.362 e. The first kappa shape index (κ1) is 12.0. The van der Waals surface area contributed by atoms with E-state index in [2.05, 4.69) is 26.6 Å². The minimum absolute atomic E-state index is 0.499. The molecule has 2 heterocycles.